The molecule has 0 spiro atoms. The van der Waals surface area contributed by atoms with Gasteiger partial charge < -0.3 is 25.1 Å². The molecule has 36 heavy (non-hydrogen) atoms. The number of pyridine rings is 1. The third-order valence-electron chi connectivity index (χ3n) is 6.82. The van der Waals surface area contributed by atoms with Crippen LogP contribution in [0.1, 0.15) is 43.4 Å². The summed E-state index contributed by atoms with van der Waals surface area (Å²) in [5.74, 6) is -1.67. The first-order valence-electron chi connectivity index (χ1n) is 12.1. The van der Waals surface area contributed by atoms with Gasteiger partial charge in [-0.25, -0.2) is 13.8 Å². The maximum absolute atomic E-state index is 15.0. The Morgan fingerprint density at radius 1 is 1.19 bits per heavy atom. The maximum atomic E-state index is 15.0. The Morgan fingerprint density at radius 3 is 2.44 bits per heavy atom. The number of piperidine rings is 1. The van der Waals surface area contributed by atoms with E-state index in [2.05, 4.69) is 28.7 Å². The summed E-state index contributed by atoms with van der Waals surface area (Å²) in [4.78, 5) is 14.8. The number of ether oxygens (including phenoxy) is 2. The van der Waals surface area contributed by atoms with E-state index in [1.54, 1.807) is 18.6 Å². The summed E-state index contributed by atoms with van der Waals surface area (Å²) in [5, 5.41) is 0.742. The first-order valence-corrected chi connectivity index (χ1v) is 12.1. The average Bonchev–Trinajstić information content (AvgIpc) is 3.29. The standard InChI is InChI=1S/C27H33F2N5O2/c1-16(2)34-7-5-20(6-8-34)31-15-19(12-30)17-9-21-18(14-33-27(21)32-13-17)10-22-25(28)23(35-3)11-24(36-4)26(22)29/h9,11-16,20H,5-8,10,30H2,1-4H3,(H,32,33). The molecule has 1 aromatic carbocycles. The van der Waals surface area contributed by atoms with Crippen molar-refractivity contribution in [3.8, 4) is 11.5 Å². The van der Waals surface area contributed by atoms with Gasteiger partial charge in [-0.2, -0.15) is 0 Å². The highest BCUT2D eigenvalue weighted by molar-refractivity contribution is 6.10. The molecule has 0 amide bonds. The second-order valence-electron chi connectivity index (χ2n) is 9.26. The van der Waals surface area contributed by atoms with Crippen molar-refractivity contribution >= 4 is 22.8 Å². The van der Waals surface area contributed by atoms with Crippen LogP contribution in [-0.2, 0) is 6.42 Å². The number of methoxy groups -OCH3 is 2. The van der Waals surface area contributed by atoms with E-state index in [4.69, 9.17) is 20.2 Å². The molecule has 0 aliphatic carbocycles. The van der Waals surface area contributed by atoms with Crippen molar-refractivity contribution in [3.05, 3.63) is 59.1 Å². The zero-order chi connectivity index (χ0) is 25.8. The Kier molecular flexibility index (Phi) is 7.88. The quantitative estimate of drug-likeness (QED) is 0.441. The van der Waals surface area contributed by atoms with E-state index in [1.165, 1.54) is 26.5 Å². The van der Waals surface area contributed by atoms with Gasteiger partial charge in [0.25, 0.3) is 0 Å². The number of benzene rings is 1. The van der Waals surface area contributed by atoms with Crippen LogP contribution >= 0.6 is 0 Å². The van der Waals surface area contributed by atoms with Gasteiger partial charge in [0.15, 0.2) is 23.1 Å². The molecule has 1 saturated heterocycles. The summed E-state index contributed by atoms with van der Waals surface area (Å²) in [7, 11) is 2.66. The lowest BCUT2D eigenvalue weighted by atomic mass is 10.0. The summed E-state index contributed by atoms with van der Waals surface area (Å²) in [6, 6.07) is 3.91. The number of aromatic nitrogens is 2. The summed E-state index contributed by atoms with van der Waals surface area (Å²) in [5.41, 5.74) is 8.61. The van der Waals surface area contributed by atoms with Gasteiger partial charge in [-0.15, -0.1) is 0 Å². The van der Waals surface area contributed by atoms with Gasteiger partial charge in [-0.3, -0.25) is 4.99 Å². The molecule has 3 aromatic rings. The van der Waals surface area contributed by atoms with E-state index in [-0.39, 0.29) is 29.5 Å². The van der Waals surface area contributed by atoms with Crippen LogP contribution in [0.3, 0.4) is 0 Å². The summed E-state index contributed by atoms with van der Waals surface area (Å²) in [6.45, 7) is 6.49. The molecule has 7 nitrogen and oxygen atoms in total. The molecule has 0 unspecified atom stereocenters. The van der Waals surface area contributed by atoms with Crippen molar-refractivity contribution in [1.82, 2.24) is 14.9 Å². The van der Waals surface area contributed by atoms with E-state index >= 15 is 0 Å². The van der Waals surface area contributed by atoms with Gasteiger partial charge in [-0.1, -0.05) is 0 Å². The second-order valence-corrected chi connectivity index (χ2v) is 9.26. The third-order valence-corrected chi connectivity index (χ3v) is 6.82. The number of nitrogens with one attached hydrogen (secondary N) is 1. The Balaban J connectivity index is 1.59. The summed E-state index contributed by atoms with van der Waals surface area (Å²) < 4.78 is 40.1. The van der Waals surface area contributed by atoms with Crippen molar-refractivity contribution in [2.45, 2.75) is 45.2 Å². The number of aliphatic imine (C=N–C) groups is 1. The van der Waals surface area contributed by atoms with Gasteiger partial charge in [0, 0.05) is 78.5 Å². The van der Waals surface area contributed by atoms with E-state index in [0.717, 1.165) is 42.5 Å². The molecule has 1 aliphatic rings. The van der Waals surface area contributed by atoms with Crippen LogP contribution in [0, 0.1) is 11.6 Å². The Bertz CT molecular complexity index is 1250. The number of nitrogens with zero attached hydrogens (tertiary/aromatic N) is 3. The van der Waals surface area contributed by atoms with Gasteiger partial charge in [0.1, 0.15) is 5.65 Å². The van der Waals surface area contributed by atoms with E-state index < -0.39 is 11.6 Å². The van der Waals surface area contributed by atoms with Crippen molar-refractivity contribution in [1.29, 1.82) is 0 Å². The van der Waals surface area contributed by atoms with Gasteiger partial charge >= 0.3 is 0 Å². The molecule has 3 N–H and O–H groups in total. The van der Waals surface area contributed by atoms with Gasteiger partial charge in [0.2, 0.25) is 0 Å². The predicted octanol–water partition coefficient (Wildman–Crippen LogP) is 4.69. The number of hydrogen-bond acceptors (Lipinski definition) is 6. The monoisotopic (exact) mass is 497 g/mol. The van der Waals surface area contributed by atoms with Crippen LogP contribution < -0.4 is 15.2 Å². The minimum atomic E-state index is -0.757. The third kappa shape index (κ3) is 5.21. The molecule has 0 bridgehead atoms. The largest absolute Gasteiger partial charge is 0.494 e. The molecule has 4 rings (SSSR count). The summed E-state index contributed by atoms with van der Waals surface area (Å²) in [6.07, 6.45) is 8.73. The highest BCUT2D eigenvalue weighted by atomic mass is 19.1. The average molecular weight is 498 g/mol. The lowest BCUT2D eigenvalue weighted by Gasteiger charge is -2.33. The van der Waals surface area contributed by atoms with Crippen molar-refractivity contribution < 1.29 is 18.3 Å². The number of halogens is 2. The smallest absolute Gasteiger partial charge is 0.171 e. The van der Waals surface area contributed by atoms with Crippen LogP contribution in [0.4, 0.5) is 8.78 Å². The van der Waals surface area contributed by atoms with Gasteiger partial charge in [0.05, 0.1) is 20.3 Å². The molecular formula is C27H33F2N5O2. The number of rotatable bonds is 8. The zero-order valence-electron chi connectivity index (χ0n) is 21.1. The van der Waals surface area contributed by atoms with Crippen LogP contribution in [-0.4, -0.2) is 60.5 Å². The first-order chi connectivity index (χ1) is 17.4. The van der Waals surface area contributed by atoms with Gasteiger partial charge in [-0.05, 0) is 38.3 Å². The van der Waals surface area contributed by atoms with Crippen molar-refractivity contribution in [2.24, 2.45) is 10.7 Å². The van der Waals surface area contributed by atoms with E-state index in [9.17, 15) is 8.78 Å². The number of likely N-dealkylation sites (tertiary alicyclic amines) is 1. The molecule has 1 fully saturated rings. The molecular weight excluding hydrogens is 464 g/mol. The highest BCUT2D eigenvalue weighted by Gasteiger charge is 2.22. The fraction of sp³-hybridized carbons (Fsp3) is 0.407. The molecule has 3 heterocycles. The number of allylic oxidation sites excluding steroid dienone is 1. The minimum Gasteiger partial charge on any atom is -0.494 e. The lowest BCUT2D eigenvalue weighted by Crippen LogP contribution is -2.39. The normalized spacial score (nSPS) is 15.9. The Labute approximate surface area is 210 Å². The van der Waals surface area contributed by atoms with Crippen LogP contribution in [0.5, 0.6) is 11.5 Å². The Morgan fingerprint density at radius 2 is 1.86 bits per heavy atom. The maximum Gasteiger partial charge on any atom is 0.171 e. The lowest BCUT2D eigenvalue weighted by molar-refractivity contribution is 0.173. The molecule has 0 radical (unpaired) electrons. The number of fused-ring (bicyclic) bond motifs is 1. The number of H-pyrrole nitrogens is 1. The van der Waals surface area contributed by atoms with E-state index in [1.807, 2.05) is 6.07 Å². The molecule has 9 heteroatoms. The molecule has 0 atom stereocenters. The Hall–Kier alpha value is -3.46. The highest BCUT2D eigenvalue weighted by Crippen LogP contribution is 2.34. The molecule has 0 saturated carbocycles. The topological polar surface area (TPSA) is 88.8 Å². The number of aromatic amines is 1. The minimum absolute atomic E-state index is 0.0133. The zero-order valence-corrected chi connectivity index (χ0v) is 21.1. The molecule has 1 aliphatic heterocycles. The van der Waals surface area contributed by atoms with Crippen LogP contribution in [0.25, 0.3) is 16.6 Å². The summed E-state index contributed by atoms with van der Waals surface area (Å²) >= 11 is 0. The van der Waals surface area contributed by atoms with Crippen LogP contribution in [0.2, 0.25) is 0 Å². The fourth-order valence-corrected chi connectivity index (χ4v) is 4.60. The SMILES string of the molecule is COc1cc(OC)c(F)c(Cc2c[nH]c3ncc(C(C=NC4CCN(C(C)C)CC4)=CN)cc23)c1F. The fourth-order valence-electron chi connectivity index (χ4n) is 4.60. The van der Waals surface area contributed by atoms with Crippen LogP contribution in [0.15, 0.2) is 35.7 Å². The molecule has 2 aromatic heterocycles. The van der Waals surface area contributed by atoms with Crippen molar-refractivity contribution in [2.75, 3.05) is 27.3 Å². The van der Waals surface area contributed by atoms with Crippen molar-refractivity contribution in [3.63, 3.8) is 0 Å². The predicted molar refractivity (Wildman–Crippen MR) is 139 cm³/mol. The number of nitrogens with two attached hydrogens (primary N) is 1. The molecule has 192 valence electrons. The van der Waals surface area contributed by atoms with E-state index in [0.29, 0.717) is 17.3 Å². The first kappa shape index (κ1) is 25.6. The number of hydrogen-bond donors (Lipinski definition) is 2. The second kappa shape index (κ2) is 11.1.